The molecule has 1 rings (SSSR count). The number of hydrogen-bond acceptors (Lipinski definition) is 3. The summed E-state index contributed by atoms with van der Waals surface area (Å²) in [5, 5.41) is 10.8. The number of halogens is 3. The molecule has 1 N–H and O–H groups in total. The van der Waals surface area contributed by atoms with E-state index in [2.05, 4.69) is 33.2 Å². The van der Waals surface area contributed by atoms with E-state index in [1.54, 1.807) is 4.90 Å². The van der Waals surface area contributed by atoms with Crippen molar-refractivity contribution in [1.82, 2.24) is 0 Å². The first-order chi connectivity index (χ1) is 16.8. The van der Waals surface area contributed by atoms with Gasteiger partial charge >= 0.3 is 0 Å². The zero-order valence-corrected chi connectivity index (χ0v) is 24.2. The minimum atomic E-state index is -1.34. The van der Waals surface area contributed by atoms with Crippen LogP contribution in [0.2, 0.25) is 15.1 Å². The fraction of sp³-hybridized carbons (Fsp3) is 0.679. The molecule has 0 aliphatic heterocycles. The molecule has 0 radical (unpaired) electrons. The molecule has 0 saturated carbocycles. The third-order valence-electron chi connectivity index (χ3n) is 5.51. The molecule has 0 bridgehead atoms. The van der Waals surface area contributed by atoms with Gasteiger partial charge in [0.2, 0.25) is 0 Å². The van der Waals surface area contributed by atoms with Gasteiger partial charge in [-0.25, -0.2) is 0 Å². The molecule has 1 aromatic carbocycles. The second-order valence-electron chi connectivity index (χ2n) is 9.25. The maximum atomic E-state index is 10.1. The Balaban J connectivity index is 0.000000712. The van der Waals surface area contributed by atoms with Crippen molar-refractivity contribution in [3.63, 3.8) is 0 Å². The van der Waals surface area contributed by atoms with Crippen molar-refractivity contribution in [2.45, 2.75) is 96.8 Å². The van der Waals surface area contributed by atoms with E-state index in [4.69, 9.17) is 39.5 Å². The summed E-state index contributed by atoms with van der Waals surface area (Å²) < 4.78 is 4.80. The molecule has 0 aromatic heterocycles. The van der Waals surface area contributed by atoms with Crippen molar-refractivity contribution in [3.05, 3.63) is 39.4 Å². The Morgan fingerprint density at radius 2 is 1.29 bits per heavy atom. The van der Waals surface area contributed by atoms with Crippen LogP contribution in [0, 0.1) is 0 Å². The van der Waals surface area contributed by atoms with Crippen LogP contribution in [-0.4, -0.2) is 33.2 Å². The lowest BCUT2D eigenvalue weighted by atomic mass is 10.1. The highest BCUT2D eigenvalue weighted by Gasteiger charge is 2.06. The van der Waals surface area contributed by atoms with Gasteiger partial charge in [-0.3, -0.25) is 0 Å². The van der Waals surface area contributed by atoms with E-state index in [9.17, 15) is 9.90 Å². The number of nitrogens with one attached hydrogen (secondary N) is 1. The summed E-state index contributed by atoms with van der Waals surface area (Å²) in [6.45, 7) is 3.03. The van der Waals surface area contributed by atoms with Gasteiger partial charge in [0.25, 0.3) is 0 Å². The van der Waals surface area contributed by atoms with Crippen LogP contribution < -0.4 is 14.7 Å². The van der Waals surface area contributed by atoms with Crippen LogP contribution in [0.25, 0.3) is 0 Å². The molecule has 0 aliphatic rings. The monoisotopic (exact) mass is 549 g/mol. The van der Waals surface area contributed by atoms with E-state index >= 15 is 0 Å². The number of aliphatic carboxylic acids is 1. The maximum Gasteiger partial charge on any atom is 0.140 e. The lowest BCUT2D eigenvalue weighted by Crippen LogP contribution is -3.05. The molecule has 0 aliphatic carbocycles. The number of benzene rings is 1. The van der Waals surface area contributed by atoms with Gasteiger partial charge in [-0.15, -0.1) is 0 Å². The molecule has 0 atom stereocenters. The zero-order valence-electron chi connectivity index (χ0n) is 22.0. The summed E-state index contributed by atoms with van der Waals surface area (Å²) in [7, 11) is 4.50. The fourth-order valence-electron chi connectivity index (χ4n) is 3.48. The van der Waals surface area contributed by atoms with Gasteiger partial charge < -0.3 is 19.5 Å². The Labute approximate surface area is 229 Å². The number of unbranched alkanes of at least 4 members (excludes halogenated alkanes) is 12. The predicted molar refractivity (Wildman–Crippen MR) is 149 cm³/mol. The van der Waals surface area contributed by atoms with E-state index < -0.39 is 12.6 Å². The van der Waals surface area contributed by atoms with Gasteiger partial charge in [-0.1, -0.05) is 105 Å². The molecule has 0 spiro atoms. The Morgan fingerprint density at radius 1 is 0.800 bits per heavy atom. The van der Waals surface area contributed by atoms with Crippen LogP contribution in [0.1, 0.15) is 96.8 Å². The number of ether oxygens (including phenoxy) is 1. The molecular weight excluding hydrogens is 505 g/mol. The molecule has 0 amide bonds. The average Bonchev–Trinajstić information content (AvgIpc) is 2.80. The third-order valence-corrected chi connectivity index (χ3v) is 6.53. The van der Waals surface area contributed by atoms with Crippen LogP contribution in [0.5, 0.6) is 5.75 Å². The van der Waals surface area contributed by atoms with Crippen LogP contribution in [0.15, 0.2) is 24.3 Å². The number of carbonyl (C=O) groups excluding carboxylic acids is 1. The van der Waals surface area contributed by atoms with Gasteiger partial charge in [0, 0.05) is 6.07 Å². The number of carbonyl (C=O) groups is 1. The van der Waals surface area contributed by atoms with Crippen LogP contribution in [-0.2, 0) is 4.79 Å². The standard InChI is InChI=1S/C20H41N.C8H5Cl3O3/c1-4-5-6-7-8-9-10-11-12-13-14-15-16-17-18-19-20-21(2)3;9-4-1-6(11)7(2-5(4)10)14-3-8(12)13/h11-12H,4-10,13-20H2,1-3H3;1-2H,3H2,(H,12,13)/b12-11+;. The van der Waals surface area contributed by atoms with Crippen molar-refractivity contribution in [2.75, 3.05) is 27.2 Å². The Morgan fingerprint density at radius 3 is 1.80 bits per heavy atom. The van der Waals surface area contributed by atoms with E-state index in [1.165, 1.54) is 109 Å². The topological polar surface area (TPSA) is 53.8 Å². The number of carboxylic acids is 1. The molecule has 0 saturated heterocycles. The number of quaternary nitrogens is 1. The summed E-state index contributed by atoms with van der Waals surface area (Å²) in [6, 6.07) is 2.71. The lowest BCUT2D eigenvalue weighted by molar-refractivity contribution is -0.858. The number of hydrogen-bond donors (Lipinski definition) is 1. The first kappa shape index (κ1) is 34.1. The number of rotatable bonds is 19. The second kappa shape index (κ2) is 23.5. The average molecular weight is 551 g/mol. The van der Waals surface area contributed by atoms with Gasteiger partial charge in [0.05, 0.1) is 41.7 Å². The van der Waals surface area contributed by atoms with E-state index in [0.29, 0.717) is 0 Å². The predicted octanol–water partition coefficient (Wildman–Crippen LogP) is 6.94. The molecule has 202 valence electrons. The fourth-order valence-corrected chi connectivity index (χ4v) is 4.07. The summed E-state index contributed by atoms with van der Waals surface area (Å²) in [5.74, 6) is -1.18. The van der Waals surface area contributed by atoms with Gasteiger partial charge in [-0.2, -0.15) is 0 Å². The van der Waals surface area contributed by atoms with Crippen LogP contribution in [0.4, 0.5) is 0 Å². The normalized spacial score (nSPS) is 11.1. The number of allylic oxidation sites excluding steroid dienone is 2. The minimum Gasteiger partial charge on any atom is -0.546 e. The Kier molecular flexibility index (Phi) is 22.8. The third kappa shape index (κ3) is 22.0. The molecule has 7 heteroatoms. The van der Waals surface area contributed by atoms with Crippen LogP contribution >= 0.6 is 34.8 Å². The molecule has 0 fully saturated rings. The largest absolute Gasteiger partial charge is 0.546 e. The quantitative estimate of drug-likeness (QED) is 0.115. The summed E-state index contributed by atoms with van der Waals surface area (Å²) in [6.07, 6.45) is 24.5. The van der Waals surface area contributed by atoms with E-state index in [-0.39, 0.29) is 20.8 Å². The summed E-state index contributed by atoms with van der Waals surface area (Å²) in [4.78, 5) is 11.7. The van der Waals surface area contributed by atoms with Gasteiger partial charge in [-0.05, 0) is 44.6 Å². The first-order valence-corrected chi connectivity index (χ1v) is 14.3. The summed E-state index contributed by atoms with van der Waals surface area (Å²) >= 11 is 17.0. The molecular formula is C28H46Cl3NO3. The van der Waals surface area contributed by atoms with Crippen molar-refractivity contribution in [2.24, 2.45) is 0 Å². The van der Waals surface area contributed by atoms with Gasteiger partial charge in [0.15, 0.2) is 0 Å². The molecule has 0 heterocycles. The van der Waals surface area contributed by atoms with Crippen LogP contribution in [0.3, 0.4) is 0 Å². The highest BCUT2D eigenvalue weighted by Crippen LogP contribution is 2.33. The minimum absolute atomic E-state index is 0.158. The number of carboxylic acid groups (broad SMARTS) is 1. The molecule has 4 nitrogen and oxygen atoms in total. The SMILES string of the molecule is CCCCCCCC/C=C/CCCCCCCC[NH+](C)C.O=C([O-])COc1cc(Cl)c(Cl)cc1Cl. The smallest absolute Gasteiger partial charge is 0.140 e. The highest BCUT2D eigenvalue weighted by atomic mass is 35.5. The Bertz CT molecular complexity index is 696. The van der Waals surface area contributed by atoms with Crippen molar-refractivity contribution >= 4 is 40.8 Å². The zero-order chi connectivity index (χ0) is 26.3. The van der Waals surface area contributed by atoms with E-state index in [1.807, 2.05) is 0 Å². The highest BCUT2D eigenvalue weighted by molar-refractivity contribution is 6.43. The molecule has 1 aromatic rings. The molecule has 0 unspecified atom stereocenters. The lowest BCUT2D eigenvalue weighted by Gasteiger charge is -2.09. The van der Waals surface area contributed by atoms with Crippen molar-refractivity contribution in [1.29, 1.82) is 0 Å². The van der Waals surface area contributed by atoms with E-state index in [0.717, 1.165) is 0 Å². The van der Waals surface area contributed by atoms with Gasteiger partial charge in [0.1, 0.15) is 12.4 Å². The molecule has 35 heavy (non-hydrogen) atoms. The first-order valence-electron chi connectivity index (χ1n) is 13.2. The summed E-state index contributed by atoms with van der Waals surface area (Å²) in [5.41, 5.74) is 0. The van der Waals surface area contributed by atoms with Crippen molar-refractivity contribution < 1.29 is 19.5 Å². The second-order valence-corrected chi connectivity index (χ2v) is 10.5. The Hall–Kier alpha value is -0.940. The van der Waals surface area contributed by atoms with Crippen molar-refractivity contribution in [3.8, 4) is 5.75 Å². The maximum absolute atomic E-state index is 10.1.